The molecule has 1 amide bonds. The lowest BCUT2D eigenvalue weighted by molar-refractivity contribution is -0.150. The van der Waals surface area contributed by atoms with Crippen molar-refractivity contribution in [2.75, 3.05) is 18.5 Å². The van der Waals surface area contributed by atoms with Gasteiger partial charge in [-0.25, -0.2) is 8.42 Å². The summed E-state index contributed by atoms with van der Waals surface area (Å²) in [5.41, 5.74) is 1.20. The first kappa shape index (κ1) is 22.6. The Morgan fingerprint density at radius 2 is 1.87 bits per heavy atom. The first-order chi connectivity index (χ1) is 14.2. The van der Waals surface area contributed by atoms with Crippen LogP contribution in [0.1, 0.15) is 18.4 Å². The summed E-state index contributed by atoms with van der Waals surface area (Å²) in [5, 5.41) is 3.53. The Morgan fingerprint density at radius 1 is 1.17 bits per heavy atom. The summed E-state index contributed by atoms with van der Waals surface area (Å²) in [6.07, 6.45) is 0.834. The molecule has 3 rings (SSSR count). The van der Waals surface area contributed by atoms with Crippen LogP contribution in [0, 0.1) is 6.92 Å². The summed E-state index contributed by atoms with van der Waals surface area (Å²) in [6.45, 7) is 1.41. The molecule has 1 fully saturated rings. The van der Waals surface area contributed by atoms with E-state index in [1.807, 2.05) is 0 Å². The topological polar surface area (TPSA) is 92.8 Å². The van der Waals surface area contributed by atoms with Crippen molar-refractivity contribution in [3.8, 4) is 0 Å². The van der Waals surface area contributed by atoms with Crippen LogP contribution in [0.2, 0.25) is 10.0 Å². The molecule has 0 saturated carbocycles. The fourth-order valence-electron chi connectivity index (χ4n) is 3.17. The first-order valence-electron chi connectivity index (χ1n) is 9.19. The van der Waals surface area contributed by atoms with Crippen molar-refractivity contribution in [1.29, 1.82) is 0 Å². The van der Waals surface area contributed by atoms with Crippen molar-refractivity contribution in [2.45, 2.75) is 30.7 Å². The van der Waals surface area contributed by atoms with E-state index in [0.29, 0.717) is 34.1 Å². The zero-order valence-corrected chi connectivity index (χ0v) is 18.4. The van der Waals surface area contributed by atoms with E-state index in [0.717, 1.165) is 4.31 Å². The third kappa shape index (κ3) is 4.95. The van der Waals surface area contributed by atoms with Gasteiger partial charge in [0, 0.05) is 22.3 Å². The zero-order valence-electron chi connectivity index (χ0n) is 16.1. The summed E-state index contributed by atoms with van der Waals surface area (Å²) >= 11 is 11.8. The van der Waals surface area contributed by atoms with Gasteiger partial charge >= 0.3 is 5.97 Å². The third-order valence-corrected chi connectivity index (χ3v) is 7.37. The van der Waals surface area contributed by atoms with Crippen LogP contribution >= 0.6 is 23.2 Å². The number of ether oxygens (including phenoxy) is 1. The molecule has 1 atom stereocenters. The quantitative estimate of drug-likeness (QED) is 0.650. The Kier molecular flexibility index (Phi) is 7.02. The Bertz CT molecular complexity index is 1060. The first-order valence-corrected chi connectivity index (χ1v) is 11.4. The number of hydrogen-bond acceptors (Lipinski definition) is 5. The highest BCUT2D eigenvalue weighted by molar-refractivity contribution is 7.89. The molecule has 0 radical (unpaired) electrons. The summed E-state index contributed by atoms with van der Waals surface area (Å²) < 4.78 is 32.0. The molecule has 30 heavy (non-hydrogen) atoms. The van der Waals surface area contributed by atoms with E-state index in [4.69, 9.17) is 27.9 Å². The van der Waals surface area contributed by atoms with Gasteiger partial charge in [0.05, 0.1) is 4.90 Å². The van der Waals surface area contributed by atoms with E-state index in [-0.39, 0.29) is 11.4 Å². The second-order valence-electron chi connectivity index (χ2n) is 6.80. The minimum Gasteiger partial charge on any atom is -0.454 e. The Balaban J connectivity index is 1.63. The molecule has 1 N–H and O–H groups in total. The van der Waals surface area contributed by atoms with Gasteiger partial charge in [0.1, 0.15) is 6.04 Å². The number of carbonyl (C=O) groups excluding carboxylic acids is 2. The molecule has 1 aliphatic rings. The highest BCUT2D eigenvalue weighted by Crippen LogP contribution is 2.28. The van der Waals surface area contributed by atoms with Gasteiger partial charge in [0.25, 0.3) is 5.91 Å². The molecule has 1 unspecified atom stereocenters. The largest absolute Gasteiger partial charge is 0.454 e. The molecule has 1 heterocycles. The number of anilines is 1. The number of amides is 1. The monoisotopic (exact) mass is 470 g/mol. The summed E-state index contributed by atoms with van der Waals surface area (Å²) in [4.78, 5) is 24.7. The van der Waals surface area contributed by atoms with Crippen LogP contribution in [0.5, 0.6) is 0 Å². The molecule has 160 valence electrons. The van der Waals surface area contributed by atoms with Gasteiger partial charge in [0.15, 0.2) is 6.61 Å². The second kappa shape index (κ2) is 9.34. The summed E-state index contributed by atoms with van der Waals surface area (Å²) in [6, 6.07) is 9.81. The normalized spacial score (nSPS) is 17.0. The molecule has 0 aliphatic carbocycles. The van der Waals surface area contributed by atoms with Crippen LogP contribution in [0.3, 0.4) is 0 Å². The van der Waals surface area contributed by atoms with E-state index in [1.165, 1.54) is 24.3 Å². The SMILES string of the molecule is Cc1c(Cl)cccc1NC(=O)COC(=O)C1CCCN1S(=O)(=O)c1ccc(Cl)cc1. The zero-order chi connectivity index (χ0) is 21.9. The standard InChI is InChI=1S/C20H20Cl2N2O5S/c1-13-16(22)4-2-5-17(13)23-19(25)12-29-20(26)18-6-3-11-24(18)30(27,28)15-9-7-14(21)8-10-15/h2,4-5,7-10,18H,3,6,11-12H2,1H3,(H,23,25). The molecule has 0 spiro atoms. The number of benzene rings is 2. The van der Waals surface area contributed by atoms with E-state index >= 15 is 0 Å². The van der Waals surface area contributed by atoms with Crippen molar-refractivity contribution >= 4 is 50.8 Å². The molecule has 7 nitrogen and oxygen atoms in total. The molecule has 10 heteroatoms. The fourth-order valence-corrected chi connectivity index (χ4v) is 5.11. The van der Waals surface area contributed by atoms with Crippen LogP contribution in [0.25, 0.3) is 0 Å². The lowest BCUT2D eigenvalue weighted by atomic mass is 10.2. The Hall–Kier alpha value is -2.13. The smallest absolute Gasteiger partial charge is 0.324 e. The Labute approximate surface area is 185 Å². The maximum Gasteiger partial charge on any atom is 0.324 e. The Morgan fingerprint density at radius 3 is 2.57 bits per heavy atom. The van der Waals surface area contributed by atoms with Crippen LogP contribution < -0.4 is 5.32 Å². The van der Waals surface area contributed by atoms with E-state index in [1.54, 1.807) is 25.1 Å². The number of carbonyl (C=O) groups is 2. The number of sulfonamides is 1. The second-order valence-corrected chi connectivity index (χ2v) is 9.53. The van der Waals surface area contributed by atoms with E-state index < -0.39 is 34.5 Å². The molecule has 1 aliphatic heterocycles. The molecule has 1 saturated heterocycles. The number of nitrogens with one attached hydrogen (secondary N) is 1. The predicted octanol–water partition coefficient (Wildman–Crippen LogP) is 3.64. The maximum atomic E-state index is 12.9. The van der Waals surface area contributed by atoms with Crippen molar-refractivity contribution in [1.82, 2.24) is 4.31 Å². The van der Waals surface area contributed by atoms with Crippen molar-refractivity contribution < 1.29 is 22.7 Å². The van der Waals surface area contributed by atoms with Crippen molar-refractivity contribution in [3.63, 3.8) is 0 Å². The van der Waals surface area contributed by atoms with Gasteiger partial charge in [-0.3, -0.25) is 9.59 Å². The van der Waals surface area contributed by atoms with Gasteiger partial charge in [-0.2, -0.15) is 4.31 Å². The van der Waals surface area contributed by atoms with Crippen molar-refractivity contribution in [2.24, 2.45) is 0 Å². The van der Waals surface area contributed by atoms with Gasteiger partial charge in [-0.15, -0.1) is 0 Å². The minimum atomic E-state index is -3.89. The average Bonchev–Trinajstić information content (AvgIpc) is 3.21. The van der Waals surface area contributed by atoms with Gasteiger partial charge < -0.3 is 10.1 Å². The predicted molar refractivity (Wildman–Crippen MR) is 114 cm³/mol. The maximum absolute atomic E-state index is 12.9. The van der Waals surface area contributed by atoms with Crippen LogP contribution in [-0.2, 0) is 24.3 Å². The lowest BCUT2D eigenvalue weighted by Gasteiger charge is -2.22. The summed E-state index contributed by atoms with van der Waals surface area (Å²) in [7, 11) is -3.89. The fraction of sp³-hybridized carbons (Fsp3) is 0.300. The lowest BCUT2D eigenvalue weighted by Crippen LogP contribution is -2.42. The van der Waals surface area contributed by atoms with Gasteiger partial charge in [-0.05, 0) is 61.7 Å². The molecular formula is C20H20Cl2N2O5S. The number of esters is 1. The van der Waals surface area contributed by atoms with Crippen LogP contribution in [0.15, 0.2) is 47.4 Å². The molecule has 0 aromatic heterocycles. The highest BCUT2D eigenvalue weighted by Gasteiger charge is 2.40. The number of hydrogen-bond donors (Lipinski definition) is 1. The number of rotatable bonds is 6. The summed E-state index contributed by atoms with van der Waals surface area (Å²) in [5.74, 6) is -1.30. The van der Waals surface area contributed by atoms with Gasteiger partial charge in [-0.1, -0.05) is 29.3 Å². The van der Waals surface area contributed by atoms with Crippen molar-refractivity contribution in [3.05, 3.63) is 58.1 Å². The van der Waals surface area contributed by atoms with Gasteiger partial charge in [0.2, 0.25) is 10.0 Å². The third-order valence-electron chi connectivity index (χ3n) is 4.78. The van der Waals surface area contributed by atoms with E-state index in [2.05, 4.69) is 5.32 Å². The van der Waals surface area contributed by atoms with Crippen LogP contribution in [-0.4, -0.2) is 43.8 Å². The molecule has 2 aromatic rings. The molecular weight excluding hydrogens is 451 g/mol. The molecule has 2 aromatic carbocycles. The minimum absolute atomic E-state index is 0.0424. The number of nitrogens with zero attached hydrogens (tertiary/aromatic N) is 1. The number of halogens is 2. The average molecular weight is 471 g/mol. The van der Waals surface area contributed by atoms with Crippen LogP contribution in [0.4, 0.5) is 5.69 Å². The molecule has 0 bridgehead atoms. The van der Waals surface area contributed by atoms with E-state index in [9.17, 15) is 18.0 Å². The highest BCUT2D eigenvalue weighted by atomic mass is 35.5.